The zero-order valence-electron chi connectivity index (χ0n) is 12.0. The molecule has 0 aromatic rings. The van der Waals surface area contributed by atoms with E-state index in [1.807, 2.05) is 0 Å². The molecule has 11 heteroatoms. The molecule has 4 unspecified atom stereocenters. The van der Waals surface area contributed by atoms with Gasteiger partial charge < -0.3 is 55.1 Å². The minimum absolute atomic E-state index is 0.667. The van der Waals surface area contributed by atoms with Gasteiger partial charge in [0.25, 0.3) is 0 Å². The summed E-state index contributed by atoms with van der Waals surface area (Å²) >= 11 is 0. The Morgan fingerprint density at radius 2 is 1.26 bits per heavy atom. The number of aliphatic hydroxyl groups excluding tert-OH is 8. The third-order valence-electron chi connectivity index (χ3n) is 3.98. The molecule has 23 heavy (non-hydrogen) atoms. The summed E-state index contributed by atoms with van der Waals surface area (Å²) in [4.78, 5) is 0. The van der Waals surface area contributed by atoms with Gasteiger partial charge in [0.15, 0.2) is 12.6 Å². The third kappa shape index (κ3) is 3.65. The molecule has 0 bridgehead atoms. The number of ether oxygens (including phenoxy) is 3. The van der Waals surface area contributed by atoms with Gasteiger partial charge in [-0.05, 0) is 0 Å². The molecule has 136 valence electrons. The van der Waals surface area contributed by atoms with Crippen LogP contribution in [0, 0.1) is 0 Å². The fraction of sp³-hybridized carbons (Fsp3) is 1.00. The van der Waals surface area contributed by atoms with E-state index in [0.29, 0.717) is 0 Å². The van der Waals surface area contributed by atoms with Gasteiger partial charge in [0, 0.05) is 0 Å². The van der Waals surface area contributed by atoms with Gasteiger partial charge in [-0.3, -0.25) is 0 Å². The van der Waals surface area contributed by atoms with Crippen molar-refractivity contribution in [3.63, 3.8) is 0 Å². The van der Waals surface area contributed by atoms with Crippen molar-refractivity contribution < 1.29 is 55.1 Å². The van der Waals surface area contributed by atoms with Crippen molar-refractivity contribution in [3.8, 4) is 0 Å². The highest BCUT2D eigenvalue weighted by molar-refractivity contribution is 4.93. The van der Waals surface area contributed by atoms with Crippen molar-refractivity contribution in [2.75, 3.05) is 13.2 Å². The first-order valence-electron chi connectivity index (χ1n) is 7.08. The zero-order chi connectivity index (χ0) is 17.3. The predicted molar refractivity (Wildman–Crippen MR) is 68.6 cm³/mol. The summed E-state index contributed by atoms with van der Waals surface area (Å²) in [7, 11) is 0. The largest absolute Gasteiger partial charge is 0.394 e. The van der Waals surface area contributed by atoms with Crippen molar-refractivity contribution in [3.05, 3.63) is 0 Å². The van der Waals surface area contributed by atoms with Crippen molar-refractivity contribution >= 4 is 0 Å². The molecule has 2 fully saturated rings. The number of rotatable bonds is 4. The molecule has 2 rings (SSSR count). The SMILES string of the molecule is OCC1O[C@@H](O[C@H]2C(CO)O[C@H](O)[C@H](O)C2O)[C@H](O)C(O)[C@H]1O. The van der Waals surface area contributed by atoms with Crippen LogP contribution in [0.3, 0.4) is 0 Å². The number of aliphatic hydroxyl groups is 8. The first-order chi connectivity index (χ1) is 10.8. The van der Waals surface area contributed by atoms with Gasteiger partial charge in [-0.15, -0.1) is 0 Å². The van der Waals surface area contributed by atoms with Crippen LogP contribution in [0.5, 0.6) is 0 Å². The second-order valence-electron chi connectivity index (χ2n) is 5.53. The molecule has 0 aliphatic carbocycles. The molecule has 0 radical (unpaired) electrons. The van der Waals surface area contributed by atoms with Crippen LogP contribution < -0.4 is 0 Å². The van der Waals surface area contributed by atoms with Gasteiger partial charge in [0.2, 0.25) is 0 Å². The molecule has 8 N–H and O–H groups in total. The summed E-state index contributed by atoms with van der Waals surface area (Å²) in [6.07, 6.45) is -15.6. The zero-order valence-corrected chi connectivity index (χ0v) is 12.0. The van der Waals surface area contributed by atoms with E-state index < -0.39 is 74.6 Å². The average molecular weight is 342 g/mol. The van der Waals surface area contributed by atoms with Crippen LogP contribution in [0.1, 0.15) is 0 Å². The first-order valence-corrected chi connectivity index (χ1v) is 7.08. The molecule has 2 aliphatic heterocycles. The lowest BCUT2D eigenvalue weighted by Crippen LogP contribution is -2.64. The maximum absolute atomic E-state index is 9.94. The van der Waals surface area contributed by atoms with Crippen molar-refractivity contribution in [1.29, 1.82) is 0 Å². The Balaban J connectivity index is 2.11. The van der Waals surface area contributed by atoms with Gasteiger partial charge in [0.05, 0.1) is 13.2 Å². The van der Waals surface area contributed by atoms with E-state index in [1.165, 1.54) is 0 Å². The smallest absolute Gasteiger partial charge is 0.187 e. The standard InChI is InChI=1S/C12H22O11/c13-1-3-5(15)6(16)9(19)12(22-3)23-10-4(2-14)21-11(20)8(18)7(10)17/h3-20H,1-2H2/t3?,4?,5-,6?,7?,8+,9+,10-,11-,12-/m0/s1. The highest BCUT2D eigenvalue weighted by Gasteiger charge is 2.50. The van der Waals surface area contributed by atoms with Crippen LogP contribution in [-0.4, -0.2) is 115 Å². The maximum atomic E-state index is 9.94. The van der Waals surface area contributed by atoms with Gasteiger partial charge in [0.1, 0.15) is 48.8 Å². The minimum Gasteiger partial charge on any atom is -0.394 e. The molecule has 0 aromatic heterocycles. The summed E-state index contributed by atoms with van der Waals surface area (Å²) in [5, 5.41) is 76.5. The van der Waals surface area contributed by atoms with E-state index in [4.69, 9.17) is 19.3 Å². The van der Waals surface area contributed by atoms with Gasteiger partial charge in [-0.2, -0.15) is 0 Å². The van der Waals surface area contributed by atoms with Crippen LogP contribution >= 0.6 is 0 Å². The summed E-state index contributed by atoms with van der Waals surface area (Å²) in [6.45, 7) is -1.35. The Morgan fingerprint density at radius 1 is 0.652 bits per heavy atom. The van der Waals surface area contributed by atoms with Crippen LogP contribution in [0.2, 0.25) is 0 Å². The molecular formula is C12H22O11. The fourth-order valence-corrected chi connectivity index (χ4v) is 2.57. The van der Waals surface area contributed by atoms with Crippen LogP contribution in [0.4, 0.5) is 0 Å². The Labute approximate surface area is 130 Å². The molecule has 0 amide bonds. The minimum atomic E-state index is -1.74. The molecule has 2 aliphatic rings. The van der Waals surface area contributed by atoms with Gasteiger partial charge >= 0.3 is 0 Å². The van der Waals surface area contributed by atoms with Gasteiger partial charge in [-0.25, -0.2) is 0 Å². The second-order valence-corrected chi connectivity index (χ2v) is 5.53. The van der Waals surface area contributed by atoms with E-state index in [0.717, 1.165) is 0 Å². The predicted octanol–water partition coefficient (Wildman–Crippen LogP) is -5.40. The lowest BCUT2D eigenvalue weighted by molar-refractivity contribution is -0.355. The second kappa shape index (κ2) is 7.63. The summed E-state index contributed by atoms with van der Waals surface area (Å²) in [5.74, 6) is 0. The molecule has 10 atom stereocenters. The molecule has 2 heterocycles. The number of hydrogen-bond donors (Lipinski definition) is 8. The first kappa shape index (κ1) is 18.9. The third-order valence-corrected chi connectivity index (χ3v) is 3.98. The Morgan fingerprint density at radius 3 is 1.83 bits per heavy atom. The monoisotopic (exact) mass is 342 g/mol. The summed E-state index contributed by atoms with van der Waals surface area (Å²) in [6, 6.07) is 0. The average Bonchev–Trinajstić information content (AvgIpc) is 2.55. The maximum Gasteiger partial charge on any atom is 0.187 e. The van der Waals surface area contributed by atoms with Gasteiger partial charge in [-0.1, -0.05) is 0 Å². The normalized spacial score (nSPS) is 51.7. The molecule has 2 saturated heterocycles. The van der Waals surface area contributed by atoms with Crippen LogP contribution in [0.25, 0.3) is 0 Å². The number of hydrogen-bond acceptors (Lipinski definition) is 11. The van der Waals surface area contributed by atoms with Crippen LogP contribution in [0.15, 0.2) is 0 Å². The molecule has 0 spiro atoms. The Hall–Kier alpha value is -0.440. The van der Waals surface area contributed by atoms with Crippen molar-refractivity contribution in [2.24, 2.45) is 0 Å². The molecule has 0 saturated carbocycles. The van der Waals surface area contributed by atoms with E-state index in [1.54, 1.807) is 0 Å². The quantitative estimate of drug-likeness (QED) is 0.243. The Kier molecular flexibility index (Phi) is 6.27. The lowest BCUT2D eigenvalue weighted by atomic mass is 9.97. The Bertz CT molecular complexity index is 378. The fourth-order valence-electron chi connectivity index (χ4n) is 2.57. The topological polar surface area (TPSA) is 190 Å². The molecular weight excluding hydrogens is 320 g/mol. The van der Waals surface area contributed by atoms with E-state index in [-0.39, 0.29) is 0 Å². The highest BCUT2D eigenvalue weighted by atomic mass is 16.7. The summed E-state index contributed by atoms with van der Waals surface area (Å²) < 4.78 is 15.3. The highest BCUT2D eigenvalue weighted by Crippen LogP contribution is 2.28. The van der Waals surface area contributed by atoms with Crippen molar-refractivity contribution in [2.45, 2.75) is 61.4 Å². The lowest BCUT2D eigenvalue weighted by Gasteiger charge is -2.45. The summed E-state index contributed by atoms with van der Waals surface area (Å²) in [5.41, 5.74) is 0. The molecule has 11 nitrogen and oxygen atoms in total. The van der Waals surface area contributed by atoms with E-state index in [2.05, 4.69) is 0 Å². The van der Waals surface area contributed by atoms with E-state index >= 15 is 0 Å². The van der Waals surface area contributed by atoms with Crippen molar-refractivity contribution in [1.82, 2.24) is 0 Å². The molecule has 0 aromatic carbocycles. The van der Waals surface area contributed by atoms with E-state index in [9.17, 15) is 35.7 Å². The van der Waals surface area contributed by atoms with Crippen LogP contribution in [-0.2, 0) is 14.2 Å².